The predicted molar refractivity (Wildman–Crippen MR) is 54.5 cm³/mol. The summed E-state index contributed by atoms with van der Waals surface area (Å²) in [5, 5.41) is 2.75. The van der Waals surface area contributed by atoms with Gasteiger partial charge in [-0.05, 0) is 24.6 Å². The van der Waals surface area contributed by atoms with Gasteiger partial charge >= 0.3 is 0 Å². The van der Waals surface area contributed by atoms with Crippen LogP contribution in [0.15, 0.2) is 42.5 Å². The maximum Gasteiger partial charge on any atom is 0.248 e. The maximum absolute atomic E-state index is 11.2. The summed E-state index contributed by atoms with van der Waals surface area (Å²) >= 11 is 0. The lowest BCUT2D eigenvalue weighted by Crippen LogP contribution is -2.07. The van der Waals surface area contributed by atoms with Crippen LogP contribution in [0.4, 0.5) is 5.69 Å². The van der Waals surface area contributed by atoms with Gasteiger partial charge in [0.1, 0.15) is 0 Å². The van der Waals surface area contributed by atoms with Crippen LogP contribution in [0.1, 0.15) is 13.3 Å². The Morgan fingerprint density at radius 1 is 1.38 bits per heavy atom. The molecular weight excluding hydrogens is 162 g/mol. The molecule has 68 valence electrons. The van der Waals surface area contributed by atoms with Crippen LogP contribution < -0.4 is 5.32 Å². The maximum atomic E-state index is 11.2. The van der Waals surface area contributed by atoms with E-state index in [1.54, 1.807) is 6.08 Å². The van der Waals surface area contributed by atoms with Crippen LogP contribution in [0.2, 0.25) is 0 Å². The molecule has 1 aromatic carbocycles. The number of hydrogen-bond acceptors (Lipinski definition) is 1. The highest BCUT2D eigenvalue weighted by Crippen LogP contribution is 2.04. The Morgan fingerprint density at radius 2 is 2.08 bits per heavy atom. The second-order valence-electron chi connectivity index (χ2n) is 2.67. The summed E-state index contributed by atoms with van der Waals surface area (Å²) in [5.41, 5.74) is 0.827. The van der Waals surface area contributed by atoms with Crippen molar-refractivity contribution in [2.24, 2.45) is 0 Å². The summed E-state index contributed by atoms with van der Waals surface area (Å²) in [6.07, 6.45) is 4.26. The number of allylic oxidation sites excluding steroid dienone is 1. The van der Waals surface area contributed by atoms with Crippen molar-refractivity contribution in [2.75, 3.05) is 5.32 Å². The minimum Gasteiger partial charge on any atom is -0.323 e. The van der Waals surface area contributed by atoms with Crippen LogP contribution in [-0.2, 0) is 4.79 Å². The summed E-state index contributed by atoms with van der Waals surface area (Å²) in [6.45, 7) is 1.99. The Balaban J connectivity index is 2.50. The van der Waals surface area contributed by atoms with Crippen LogP contribution in [0, 0.1) is 0 Å². The van der Waals surface area contributed by atoms with Gasteiger partial charge in [-0.1, -0.05) is 31.2 Å². The number of benzene rings is 1. The first-order valence-electron chi connectivity index (χ1n) is 4.35. The smallest absolute Gasteiger partial charge is 0.248 e. The lowest BCUT2D eigenvalue weighted by atomic mass is 10.3. The first-order chi connectivity index (χ1) is 6.33. The van der Waals surface area contributed by atoms with E-state index < -0.39 is 0 Å². The van der Waals surface area contributed by atoms with E-state index in [0.717, 1.165) is 12.1 Å². The van der Waals surface area contributed by atoms with Crippen molar-refractivity contribution in [1.29, 1.82) is 0 Å². The van der Waals surface area contributed by atoms with Gasteiger partial charge in [0.2, 0.25) is 5.91 Å². The molecule has 0 aliphatic heterocycles. The number of carbonyl (C=O) groups is 1. The number of rotatable bonds is 3. The molecule has 0 saturated heterocycles. The molecule has 0 heterocycles. The highest BCUT2D eigenvalue weighted by molar-refractivity contribution is 5.99. The first kappa shape index (κ1) is 9.52. The standard InChI is InChI=1S/C11H13NO/c1-2-3-9-11(13)12-10-7-5-4-6-8-10/h3-9H,2H2,1H3,(H,12,13)/b9-3+. The Labute approximate surface area is 78.3 Å². The fraction of sp³-hybridized carbons (Fsp3) is 0.182. The Bertz CT molecular complexity index is 290. The van der Waals surface area contributed by atoms with Crippen LogP contribution >= 0.6 is 0 Å². The van der Waals surface area contributed by atoms with E-state index >= 15 is 0 Å². The fourth-order valence-corrected chi connectivity index (χ4v) is 0.930. The highest BCUT2D eigenvalue weighted by atomic mass is 16.1. The lowest BCUT2D eigenvalue weighted by molar-refractivity contribution is -0.111. The SMILES string of the molecule is CC/C=C/C(=O)Nc1ccccc1. The zero-order valence-electron chi connectivity index (χ0n) is 7.66. The van der Waals surface area contributed by atoms with Gasteiger partial charge in [0.25, 0.3) is 0 Å². The van der Waals surface area contributed by atoms with Gasteiger partial charge < -0.3 is 5.32 Å². The third-order valence-electron chi connectivity index (χ3n) is 1.55. The first-order valence-corrected chi connectivity index (χ1v) is 4.35. The number of amides is 1. The van der Waals surface area contributed by atoms with Gasteiger partial charge in [-0.15, -0.1) is 0 Å². The van der Waals surface area contributed by atoms with Gasteiger partial charge in [-0.25, -0.2) is 0 Å². The molecule has 2 heteroatoms. The molecule has 0 aliphatic rings. The molecule has 0 fully saturated rings. The van der Waals surface area contributed by atoms with Gasteiger partial charge in [-0.3, -0.25) is 4.79 Å². The van der Waals surface area contributed by atoms with E-state index in [-0.39, 0.29) is 5.91 Å². The van der Waals surface area contributed by atoms with Crippen molar-refractivity contribution in [3.63, 3.8) is 0 Å². The number of anilines is 1. The van der Waals surface area contributed by atoms with E-state index in [1.807, 2.05) is 43.3 Å². The van der Waals surface area contributed by atoms with Crippen molar-refractivity contribution < 1.29 is 4.79 Å². The number of carbonyl (C=O) groups excluding carboxylic acids is 1. The molecule has 0 aliphatic carbocycles. The van der Waals surface area contributed by atoms with Crippen LogP contribution in [-0.4, -0.2) is 5.91 Å². The minimum atomic E-state index is -0.0759. The lowest BCUT2D eigenvalue weighted by Gasteiger charge is -1.99. The van der Waals surface area contributed by atoms with Gasteiger partial charge in [0.05, 0.1) is 0 Å². The van der Waals surface area contributed by atoms with E-state index in [9.17, 15) is 4.79 Å². The normalized spacial score (nSPS) is 10.2. The van der Waals surface area contributed by atoms with Gasteiger partial charge in [-0.2, -0.15) is 0 Å². The number of hydrogen-bond donors (Lipinski definition) is 1. The topological polar surface area (TPSA) is 29.1 Å². The highest BCUT2D eigenvalue weighted by Gasteiger charge is 1.94. The predicted octanol–water partition coefficient (Wildman–Crippen LogP) is 2.59. The third kappa shape index (κ3) is 3.56. The molecule has 0 radical (unpaired) electrons. The van der Waals surface area contributed by atoms with Crippen molar-refractivity contribution in [3.05, 3.63) is 42.5 Å². The second-order valence-corrected chi connectivity index (χ2v) is 2.67. The Hall–Kier alpha value is -1.57. The molecule has 0 bridgehead atoms. The molecule has 1 rings (SSSR count). The van der Waals surface area contributed by atoms with Crippen LogP contribution in [0.5, 0.6) is 0 Å². The zero-order valence-corrected chi connectivity index (χ0v) is 7.66. The molecule has 13 heavy (non-hydrogen) atoms. The van der Waals surface area contributed by atoms with Crippen LogP contribution in [0.3, 0.4) is 0 Å². The summed E-state index contributed by atoms with van der Waals surface area (Å²) in [5.74, 6) is -0.0759. The Morgan fingerprint density at radius 3 is 2.69 bits per heavy atom. The summed E-state index contributed by atoms with van der Waals surface area (Å²) in [6, 6.07) is 9.41. The van der Waals surface area contributed by atoms with Crippen molar-refractivity contribution >= 4 is 11.6 Å². The van der Waals surface area contributed by atoms with Crippen LogP contribution in [0.25, 0.3) is 0 Å². The molecule has 0 atom stereocenters. The third-order valence-corrected chi connectivity index (χ3v) is 1.55. The molecule has 0 unspecified atom stereocenters. The van der Waals surface area contributed by atoms with Gasteiger partial charge in [0, 0.05) is 5.69 Å². The molecule has 1 amide bonds. The zero-order chi connectivity index (χ0) is 9.52. The number of nitrogens with one attached hydrogen (secondary N) is 1. The number of para-hydroxylation sites is 1. The monoisotopic (exact) mass is 175 g/mol. The molecule has 0 saturated carbocycles. The molecule has 0 aromatic heterocycles. The fourth-order valence-electron chi connectivity index (χ4n) is 0.930. The largest absolute Gasteiger partial charge is 0.323 e. The van der Waals surface area contributed by atoms with Crippen molar-refractivity contribution in [2.45, 2.75) is 13.3 Å². The Kier molecular flexibility index (Phi) is 3.76. The van der Waals surface area contributed by atoms with E-state index in [4.69, 9.17) is 0 Å². The summed E-state index contributed by atoms with van der Waals surface area (Å²) in [7, 11) is 0. The van der Waals surface area contributed by atoms with E-state index in [0.29, 0.717) is 0 Å². The van der Waals surface area contributed by atoms with Gasteiger partial charge in [0.15, 0.2) is 0 Å². The van der Waals surface area contributed by atoms with Crippen molar-refractivity contribution in [1.82, 2.24) is 0 Å². The van der Waals surface area contributed by atoms with E-state index in [1.165, 1.54) is 0 Å². The molecule has 1 N–H and O–H groups in total. The van der Waals surface area contributed by atoms with E-state index in [2.05, 4.69) is 5.32 Å². The average molecular weight is 175 g/mol. The molecular formula is C11H13NO. The average Bonchev–Trinajstić information content (AvgIpc) is 2.16. The summed E-state index contributed by atoms with van der Waals surface area (Å²) in [4.78, 5) is 11.2. The molecule has 2 nitrogen and oxygen atoms in total. The quantitative estimate of drug-likeness (QED) is 0.703. The summed E-state index contributed by atoms with van der Waals surface area (Å²) < 4.78 is 0. The molecule has 0 spiro atoms. The minimum absolute atomic E-state index is 0.0759. The molecule has 1 aromatic rings. The van der Waals surface area contributed by atoms with Crippen molar-refractivity contribution in [3.8, 4) is 0 Å². The second kappa shape index (κ2) is 5.14.